The second-order valence-corrected chi connectivity index (χ2v) is 3.91. The molecular weight excluding hydrogens is 182 g/mol. The Balaban J connectivity index is 3.69. The van der Waals surface area contributed by atoms with Gasteiger partial charge in [-0.3, -0.25) is 4.79 Å². The van der Waals surface area contributed by atoms with E-state index in [4.69, 9.17) is 0 Å². The summed E-state index contributed by atoms with van der Waals surface area (Å²) in [5.74, 6) is -0.402. The van der Waals surface area contributed by atoms with Gasteiger partial charge in [-0.05, 0) is 13.3 Å². The van der Waals surface area contributed by atoms with E-state index < -0.39 is 5.60 Å². The largest absolute Gasteiger partial charge is 0.469 e. The molecule has 0 aromatic rings. The number of methoxy groups -OCH3 is 1. The van der Waals surface area contributed by atoms with E-state index in [1.54, 1.807) is 13.8 Å². The molecular formula is C10H21NO3. The lowest BCUT2D eigenvalue weighted by atomic mass is 10.0. The van der Waals surface area contributed by atoms with Gasteiger partial charge in [0.25, 0.3) is 0 Å². The lowest BCUT2D eigenvalue weighted by Gasteiger charge is -2.22. The fourth-order valence-electron chi connectivity index (χ4n) is 0.967. The summed E-state index contributed by atoms with van der Waals surface area (Å²) >= 11 is 0. The van der Waals surface area contributed by atoms with Crippen LogP contribution in [0.4, 0.5) is 0 Å². The Labute approximate surface area is 85.6 Å². The molecule has 0 radical (unpaired) electrons. The van der Waals surface area contributed by atoms with Crippen molar-refractivity contribution in [3.63, 3.8) is 0 Å². The Hall–Kier alpha value is -0.610. The molecule has 2 unspecified atom stereocenters. The number of hydrogen-bond donors (Lipinski definition) is 2. The van der Waals surface area contributed by atoms with Crippen molar-refractivity contribution >= 4 is 5.97 Å². The summed E-state index contributed by atoms with van der Waals surface area (Å²) in [5.41, 5.74) is -0.699. The molecule has 14 heavy (non-hydrogen) atoms. The van der Waals surface area contributed by atoms with Crippen LogP contribution in [0.3, 0.4) is 0 Å². The Morgan fingerprint density at radius 2 is 2.21 bits per heavy atom. The number of aliphatic hydroxyl groups is 1. The highest BCUT2D eigenvalue weighted by molar-refractivity contribution is 5.71. The number of carbonyl (C=O) groups is 1. The number of carbonyl (C=O) groups excluding carboxylic acids is 1. The summed E-state index contributed by atoms with van der Waals surface area (Å²) in [6, 6.07) is 0. The molecule has 0 aliphatic heterocycles. The fraction of sp³-hybridized carbons (Fsp3) is 0.900. The highest BCUT2D eigenvalue weighted by Gasteiger charge is 2.18. The summed E-state index contributed by atoms with van der Waals surface area (Å²) in [6.45, 7) is 6.50. The summed E-state index contributed by atoms with van der Waals surface area (Å²) in [6.07, 6.45) is 0.687. The predicted molar refractivity (Wildman–Crippen MR) is 55.0 cm³/mol. The van der Waals surface area contributed by atoms with E-state index in [-0.39, 0.29) is 11.9 Å². The minimum atomic E-state index is -0.699. The second-order valence-electron chi connectivity index (χ2n) is 3.91. The van der Waals surface area contributed by atoms with Crippen LogP contribution in [0.15, 0.2) is 0 Å². The van der Waals surface area contributed by atoms with Gasteiger partial charge in [0.1, 0.15) is 0 Å². The maximum atomic E-state index is 11.0. The normalized spacial score (nSPS) is 17.2. The van der Waals surface area contributed by atoms with Gasteiger partial charge >= 0.3 is 5.97 Å². The van der Waals surface area contributed by atoms with E-state index in [1.807, 2.05) is 6.92 Å². The second kappa shape index (κ2) is 5.98. The third-order valence-corrected chi connectivity index (χ3v) is 2.32. The molecule has 0 spiro atoms. The predicted octanol–water partition coefficient (Wildman–Crippen LogP) is 0.546. The van der Waals surface area contributed by atoms with Crippen LogP contribution < -0.4 is 5.32 Å². The van der Waals surface area contributed by atoms with Crippen LogP contribution in [0.5, 0.6) is 0 Å². The van der Waals surface area contributed by atoms with E-state index in [0.29, 0.717) is 19.5 Å². The van der Waals surface area contributed by atoms with Gasteiger partial charge in [0.15, 0.2) is 0 Å². The third-order valence-electron chi connectivity index (χ3n) is 2.32. The molecule has 0 saturated heterocycles. The van der Waals surface area contributed by atoms with Crippen molar-refractivity contribution in [1.29, 1.82) is 0 Å². The maximum Gasteiger partial charge on any atom is 0.309 e. The van der Waals surface area contributed by atoms with Gasteiger partial charge in [0.05, 0.1) is 18.6 Å². The average molecular weight is 203 g/mol. The monoisotopic (exact) mass is 203 g/mol. The van der Waals surface area contributed by atoms with E-state index in [0.717, 1.165) is 0 Å². The van der Waals surface area contributed by atoms with Crippen LogP contribution in [-0.4, -0.2) is 36.9 Å². The molecule has 0 aromatic heterocycles. The Kier molecular flexibility index (Phi) is 5.72. The van der Waals surface area contributed by atoms with Gasteiger partial charge in [0.2, 0.25) is 0 Å². The first-order valence-electron chi connectivity index (χ1n) is 4.94. The number of nitrogens with one attached hydrogen (secondary N) is 1. The summed E-state index contributed by atoms with van der Waals surface area (Å²) < 4.78 is 4.58. The van der Waals surface area contributed by atoms with Gasteiger partial charge in [-0.15, -0.1) is 0 Å². The molecule has 2 N–H and O–H groups in total. The van der Waals surface area contributed by atoms with Crippen LogP contribution in [0.1, 0.15) is 27.2 Å². The lowest BCUT2D eigenvalue weighted by Crippen LogP contribution is -2.40. The molecule has 0 saturated carbocycles. The first-order chi connectivity index (χ1) is 6.43. The van der Waals surface area contributed by atoms with Gasteiger partial charge in [-0.2, -0.15) is 0 Å². The van der Waals surface area contributed by atoms with Crippen molar-refractivity contribution in [2.24, 2.45) is 5.92 Å². The van der Waals surface area contributed by atoms with Crippen molar-refractivity contribution in [1.82, 2.24) is 5.32 Å². The minimum absolute atomic E-state index is 0.173. The number of hydrogen-bond acceptors (Lipinski definition) is 4. The van der Waals surface area contributed by atoms with Crippen molar-refractivity contribution in [3.8, 4) is 0 Å². The fourth-order valence-corrected chi connectivity index (χ4v) is 0.967. The first-order valence-corrected chi connectivity index (χ1v) is 4.94. The quantitative estimate of drug-likeness (QED) is 0.619. The highest BCUT2D eigenvalue weighted by Crippen LogP contribution is 2.06. The van der Waals surface area contributed by atoms with Crippen molar-refractivity contribution in [3.05, 3.63) is 0 Å². The number of rotatable bonds is 6. The molecule has 0 aliphatic rings. The SMILES string of the molecule is CCC(C)(O)CNCC(C)C(=O)OC. The van der Waals surface area contributed by atoms with E-state index in [2.05, 4.69) is 10.1 Å². The molecule has 84 valence electrons. The first kappa shape index (κ1) is 13.4. The molecule has 4 nitrogen and oxygen atoms in total. The zero-order valence-corrected chi connectivity index (χ0v) is 9.46. The van der Waals surface area contributed by atoms with Crippen LogP contribution in [0.25, 0.3) is 0 Å². The Morgan fingerprint density at radius 1 is 1.64 bits per heavy atom. The van der Waals surface area contributed by atoms with Gasteiger partial charge in [0, 0.05) is 13.1 Å². The van der Waals surface area contributed by atoms with E-state index >= 15 is 0 Å². The average Bonchev–Trinajstić information content (AvgIpc) is 2.16. The van der Waals surface area contributed by atoms with Gasteiger partial charge < -0.3 is 15.2 Å². The maximum absolute atomic E-state index is 11.0. The van der Waals surface area contributed by atoms with Crippen molar-refractivity contribution < 1.29 is 14.6 Å². The molecule has 2 atom stereocenters. The van der Waals surface area contributed by atoms with Crippen LogP contribution in [0, 0.1) is 5.92 Å². The summed E-state index contributed by atoms with van der Waals surface area (Å²) in [7, 11) is 1.38. The molecule has 0 aromatic carbocycles. The molecule has 0 rings (SSSR count). The van der Waals surface area contributed by atoms with E-state index in [1.165, 1.54) is 7.11 Å². The zero-order chi connectivity index (χ0) is 11.2. The van der Waals surface area contributed by atoms with Crippen LogP contribution in [0.2, 0.25) is 0 Å². The van der Waals surface area contributed by atoms with Crippen LogP contribution in [-0.2, 0) is 9.53 Å². The minimum Gasteiger partial charge on any atom is -0.469 e. The standard InChI is InChI=1S/C10H21NO3/c1-5-10(3,13)7-11-6-8(2)9(12)14-4/h8,11,13H,5-7H2,1-4H3. The van der Waals surface area contributed by atoms with Crippen molar-refractivity contribution in [2.45, 2.75) is 32.8 Å². The molecule has 0 amide bonds. The number of ether oxygens (including phenoxy) is 1. The van der Waals surface area contributed by atoms with Crippen LogP contribution >= 0.6 is 0 Å². The summed E-state index contributed by atoms with van der Waals surface area (Å²) in [4.78, 5) is 11.0. The smallest absolute Gasteiger partial charge is 0.309 e. The van der Waals surface area contributed by atoms with Gasteiger partial charge in [-0.1, -0.05) is 13.8 Å². The van der Waals surface area contributed by atoms with Crippen molar-refractivity contribution in [2.75, 3.05) is 20.2 Å². The third kappa shape index (κ3) is 5.19. The highest BCUT2D eigenvalue weighted by atomic mass is 16.5. The number of esters is 1. The molecule has 0 aliphatic carbocycles. The Morgan fingerprint density at radius 3 is 2.64 bits per heavy atom. The van der Waals surface area contributed by atoms with Gasteiger partial charge in [-0.25, -0.2) is 0 Å². The topological polar surface area (TPSA) is 58.6 Å². The summed E-state index contributed by atoms with van der Waals surface area (Å²) in [5, 5.41) is 12.7. The molecule has 0 heterocycles. The molecule has 0 bridgehead atoms. The molecule has 0 fully saturated rings. The Bertz CT molecular complexity index is 180. The zero-order valence-electron chi connectivity index (χ0n) is 9.46. The van der Waals surface area contributed by atoms with E-state index in [9.17, 15) is 9.90 Å². The lowest BCUT2D eigenvalue weighted by molar-refractivity contribution is -0.144. The molecule has 4 heteroatoms.